The zero-order valence-corrected chi connectivity index (χ0v) is 15.0. The number of carbonyl (C=O) groups is 3. The van der Waals surface area contributed by atoms with Crippen molar-refractivity contribution in [2.24, 2.45) is 0 Å². The Morgan fingerprint density at radius 3 is 2.58 bits per heavy atom. The van der Waals surface area contributed by atoms with E-state index < -0.39 is 0 Å². The van der Waals surface area contributed by atoms with Crippen molar-refractivity contribution in [2.75, 3.05) is 25.0 Å². The summed E-state index contributed by atoms with van der Waals surface area (Å²) in [6, 6.07) is 6.90. The first-order chi connectivity index (χ1) is 12.5. The molecule has 1 atom stereocenters. The van der Waals surface area contributed by atoms with Crippen LogP contribution in [-0.4, -0.2) is 54.5 Å². The van der Waals surface area contributed by atoms with E-state index in [2.05, 4.69) is 10.6 Å². The minimum atomic E-state index is -0.280. The molecule has 0 saturated carbocycles. The quantitative estimate of drug-likeness (QED) is 0.854. The van der Waals surface area contributed by atoms with E-state index in [0.717, 1.165) is 25.7 Å². The van der Waals surface area contributed by atoms with Gasteiger partial charge in [-0.05, 0) is 43.9 Å². The predicted molar refractivity (Wildman–Crippen MR) is 96.8 cm³/mol. The maximum absolute atomic E-state index is 12.5. The zero-order valence-electron chi connectivity index (χ0n) is 15.0. The summed E-state index contributed by atoms with van der Waals surface area (Å²) in [7, 11) is 0. The molecule has 3 amide bonds. The molecule has 2 fully saturated rings. The largest absolute Gasteiger partial charge is 0.368 e. The van der Waals surface area contributed by atoms with Crippen molar-refractivity contribution in [1.82, 2.24) is 10.2 Å². The number of amides is 3. The van der Waals surface area contributed by atoms with E-state index in [-0.39, 0.29) is 29.9 Å². The van der Waals surface area contributed by atoms with Crippen LogP contribution in [0, 0.1) is 0 Å². The molecule has 26 heavy (non-hydrogen) atoms. The average Bonchev–Trinajstić information content (AvgIpc) is 3.16. The van der Waals surface area contributed by atoms with Gasteiger partial charge in [-0.1, -0.05) is 6.07 Å². The molecule has 1 unspecified atom stereocenters. The van der Waals surface area contributed by atoms with Crippen LogP contribution in [0.15, 0.2) is 24.3 Å². The van der Waals surface area contributed by atoms with Crippen LogP contribution in [-0.2, 0) is 14.3 Å². The van der Waals surface area contributed by atoms with Gasteiger partial charge in [-0.3, -0.25) is 14.4 Å². The lowest BCUT2D eigenvalue weighted by molar-refractivity contribution is -0.142. The Bertz CT molecular complexity index is 677. The Morgan fingerprint density at radius 2 is 1.92 bits per heavy atom. The third kappa shape index (κ3) is 4.60. The van der Waals surface area contributed by atoms with Gasteiger partial charge in [0.25, 0.3) is 11.8 Å². The van der Waals surface area contributed by atoms with Crippen molar-refractivity contribution in [1.29, 1.82) is 0 Å². The van der Waals surface area contributed by atoms with E-state index >= 15 is 0 Å². The van der Waals surface area contributed by atoms with Gasteiger partial charge in [0.15, 0.2) is 0 Å². The van der Waals surface area contributed by atoms with Crippen LogP contribution in [0.5, 0.6) is 0 Å². The Balaban J connectivity index is 1.50. The third-order valence-corrected chi connectivity index (χ3v) is 4.79. The van der Waals surface area contributed by atoms with Gasteiger partial charge in [0, 0.05) is 43.9 Å². The maximum Gasteiger partial charge on any atom is 0.251 e. The van der Waals surface area contributed by atoms with Crippen LogP contribution in [0.1, 0.15) is 43.0 Å². The van der Waals surface area contributed by atoms with Crippen molar-refractivity contribution < 1.29 is 19.1 Å². The standard InChI is InChI=1S/C19H25N3O4/c1-13(23)20-16-5-2-4-14(12-16)18(24)21-15-7-9-22(10-8-15)19(25)17-6-3-11-26-17/h2,4-5,12,15,17H,3,6-11H2,1H3,(H,20,23)(H,21,24). The van der Waals surface area contributed by atoms with Gasteiger partial charge in [-0.25, -0.2) is 0 Å². The summed E-state index contributed by atoms with van der Waals surface area (Å²) < 4.78 is 5.46. The monoisotopic (exact) mass is 359 g/mol. The van der Waals surface area contributed by atoms with Crippen molar-refractivity contribution in [2.45, 2.75) is 44.8 Å². The van der Waals surface area contributed by atoms with E-state index in [4.69, 9.17) is 4.74 Å². The van der Waals surface area contributed by atoms with Gasteiger partial charge in [-0.2, -0.15) is 0 Å². The first-order valence-corrected chi connectivity index (χ1v) is 9.12. The van der Waals surface area contributed by atoms with Crippen molar-refractivity contribution in [3.05, 3.63) is 29.8 Å². The number of nitrogens with one attached hydrogen (secondary N) is 2. The number of ether oxygens (including phenoxy) is 1. The summed E-state index contributed by atoms with van der Waals surface area (Å²) in [5, 5.41) is 5.70. The fraction of sp³-hybridized carbons (Fsp3) is 0.526. The molecule has 0 spiro atoms. The molecule has 1 aromatic carbocycles. The van der Waals surface area contributed by atoms with E-state index in [1.165, 1.54) is 6.92 Å². The van der Waals surface area contributed by atoms with Crippen LogP contribution in [0.25, 0.3) is 0 Å². The van der Waals surface area contributed by atoms with Gasteiger partial charge in [0.2, 0.25) is 5.91 Å². The highest BCUT2D eigenvalue weighted by atomic mass is 16.5. The molecule has 2 aliphatic heterocycles. The van der Waals surface area contributed by atoms with Gasteiger partial charge in [-0.15, -0.1) is 0 Å². The highest BCUT2D eigenvalue weighted by molar-refractivity contribution is 5.97. The molecule has 2 saturated heterocycles. The molecule has 0 radical (unpaired) electrons. The number of benzene rings is 1. The number of nitrogens with zero attached hydrogens (tertiary/aromatic N) is 1. The number of anilines is 1. The number of hydrogen-bond donors (Lipinski definition) is 2. The molecule has 2 aliphatic rings. The minimum absolute atomic E-state index is 0.0421. The maximum atomic E-state index is 12.5. The fourth-order valence-electron chi connectivity index (χ4n) is 3.43. The lowest BCUT2D eigenvalue weighted by Gasteiger charge is -2.33. The van der Waals surface area contributed by atoms with Crippen molar-refractivity contribution in [3.63, 3.8) is 0 Å². The van der Waals surface area contributed by atoms with Crippen LogP contribution < -0.4 is 10.6 Å². The van der Waals surface area contributed by atoms with Gasteiger partial charge in [0.1, 0.15) is 6.10 Å². The first-order valence-electron chi connectivity index (χ1n) is 9.12. The van der Waals surface area contributed by atoms with Crippen molar-refractivity contribution in [3.8, 4) is 0 Å². The Hall–Kier alpha value is -2.41. The SMILES string of the molecule is CC(=O)Nc1cccc(C(=O)NC2CCN(C(=O)C3CCCO3)CC2)c1. The smallest absolute Gasteiger partial charge is 0.251 e. The predicted octanol–water partition coefficient (Wildman–Crippen LogP) is 1.54. The number of likely N-dealkylation sites (tertiary alicyclic amines) is 1. The number of carbonyl (C=O) groups excluding carboxylic acids is 3. The molecule has 2 heterocycles. The van der Waals surface area contributed by atoms with Gasteiger partial charge >= 0.3 is 0 Å². The van der Waals surface area contributed by atoms with Gasteiger partial charge < -0.3 is 20.3 Å². The second-order valence-electron chi connectivity index (χ2n) is 6.84. The molecular weight excluding hydrogens is 334 g/mol. The molecule has 0 aromatic heterocycles. The summed E-state index contributed by atoms with van der Waals surface area (Å²) in [6.45, 7) is 3.37. The molecular formula is C19H25N3O4. The lowest BCUT2D eigenvalue weighted by atomic mass is 10.0. The summed E-state index contributed by atoms with van der Waals surface area (Å²) in [4.78, 5) is 37.8. The summed E-state index contributed by atoms with van der Waals surface area (Å²) in [5.74, 6) is -0.262. The lowest BCUT2D eigenvalue weighted by Crippen LogP contribution is -2.49. The Labute approximate surface area is 153 Å². The minimum Gasteiger partial charge on any atom is -0.368 e. The molecule has 140 valence electrons. The van der Waals surface area contributed by atoms with Crippen LogP contribution in [0.2, 0.25) is 0 Å². The molecule has 0 bridgehead atoms. The van der Waals surface area contributed by atoms with Gasteiger partial charge in [0.05, 0.1) is 0 Å². The van der Waals surface area contributed by atoms with Crippen molar-refractivity contribution >= 4 is 23.4 Å². The molecule has 1 aromatic rings. The topological polar surface area (TPSA) is 87.7 Å². The van der Waals surface area contributed by atoms with E-state index in [1.807, 2.05) is 4.90 Å². The third-order valence-electron chi connectivity index (χ3n) is 4.79. The fourth-order valence-corrected chi connectivity index (χ4v) is 3.43. The normalized spacial score (nSPS) is 20.7. The van der Waals surface area contributed by atoms with Crippen LogP contribution >= 0.6 is 0 Å². The first kappa shape index (κ1) is 18.4. The molecule has 0 aliphatic carbocycles. The second kappa shape index (κ2) is 8.31. The summed E-state index contributed by atoms with van der Waals surface area (Å²) >= 11 is 0. The number of hydrogen-bond acceptors (Lipinski definition) is 4. The highest BCUT2D eigenvalue weighted by Crippen LogP contribution is 2.19. The number of piperidine rings is 1. The summed E-state index contributed by atoms with van der Waals surface area (Å²) in [6.07, 6.45) is 2.93. The second-order valence-corrected chi connectivity index (χ2v) is 6.84. The molecule has 7 nitrogen and oxygen atoms in total. The summed E-state index contributed by atoms with van der Waals surface area (Å²) in [5.41, 5.74) is 1.11. The Kier molecular flexibility index (Phi) is 5.88. The highest BCUT2D eigenvalue weighted by Gasteiger charge is 2.31. The van der Waals surface area contributed by atoms with Crippen LogP contribution in [0.4, 0.5) is 5.69 Å². The van der Waals surface area contributed by atoms with Crippen LogP contribution in [0.3, 0.4) is 0 Å². The molecule has 3 rings (SSSR count). The van der Waals surface area contributed by atoms with E-state index in [9.17, 15) is 14.4 Å². The number of rotatable bonds is 4. The Morgan fingerprint density at radius 1 is 1.15 bits per heavy atom. The van der Waals surface area contributed by atoms with E-state index in [1.54, 1.807) is 24.3 Å². The average molecular weight is 359 g/mol. The van der Waals surface area contributed by atoms with E-state index in [0.29, 0.717) is 30.9 Å². The molecule has 2 N–H and O–H groups in total. The molecule has 7 heteroatoms. The zero-order chi connectivity index (χ0) is 18.5.